The molecule has 0 aliphatic heterocycles. The third-order valence-corrected chi connectivity index (χ3v) is 9.94. The lowest BCUT2D eigenvalue weighted by atomic mass is 9.94. The molecule has 0 spiro atoms. The second-order valence-electron chi connectivity index (χ2n) is 13.3. The number of benzene rings is 6. The Kier molecular flexibility index (Phi) is 6.30. The molecule has 0 fully saturated rings. The van der Waals surface area contributed by atoms with Gasteiger partial charge >= 0.3 is 0 Å². The molecule has 5 heteroatoms. The summed E-state index contributed by atoms with van der Waals surface area (Å²) in [6, 6.07) is 49.3. The molecule has 0 aliphatic rings. The molecule has 0 bridgehead atoms. The van der Waals surface area contributed by atoms with Gasteiger partial charge in [-0.25, -0.2) is 4.98 Å². The van der Waals surface area contributed by atoms with E-state index in [4.69, 9.17) is 14.4 Å². The van der Waals surface area contributed by atoms with Crippen LogP contribution < -0.4 is 0 Å². The minimum absolute atomic E-state index is 0.186. The number of aromatic nitrogens is 4. The van der Waals surface area contributed by atoms with Gasteiger partial charge in [-0.1, -0.05) is 91.0 Å². The summed E-state index contributed by atoms with van der Waals surface area (Å²) in [4.78, 5) is 14.1. The zero-order valence-electron chi connectivity index (χ0n) is 27.7. The maximum absolute atomic E-state index is 6.47. The molecule has 0 saturated heterocycles. The number of pyridine rings is 1. The highest BCUT2D eigenvalue weighted by Crippen LogP contribution is 2.41. The first kappa shape index (κ1) is 28.5. The molecule has 10 rings (SSSR count). The van der Waals surface area contributed by atoms with Gasteiger partial charge in [0, 0.05) is 56.0 Å². The van der Waals surface area contributed by atoms with Crippen molar-refractivity contribution >= 4 is 54.8 Å². The smallest absolute Gasteiger partial charge is 0.161 e. The predicted molar refractivity (Wildman–Crippen MR) is 206 cm³/mol. The number of hydrogen-bond donors (Lipinski definition) is 1. The Hall–Kier alpha value is -6.46. The van der Waals surface area contributed by atoms with E-state index in [1.165, 1.54) is 10.8 Å². The van der Waals surface area contributed by atoms with Crippen molar-refractivity contribution in [2.24, 2.45) is 0 Å². The number of furan rings is 1. The molecule has 50 heavy (non-hydrogen) atoms. The second-order valence-corrected chi connectivity index (χ2v) is 13.3. The summed E-state index contributed by atoms with van der Waals surface area (Å²) < 4.78 is 8.84. The number of para-hydroxylation sites is 4. The van der Waals surface area contributed by atoms with E-state index in [2.05, 4.69) is 145 Å². The lowest BCUT2D eigenvalue weighted by Crippen LogP contribution is -2.03. The number of rotatable bonds is 5. The van der Waals surface area contributed by atoms with Crippen LogP contribution in [-0.4, -0.2) is 19.5 Å². The molecule has 1 N–H and O–H groups in total. The van der Waals surface area contributed by atoms with Crippen LogP contribution in [0.3, 0.4) is 0 Å². The molecule has 6 aromatic carbocycles. The first-order chi connectivity index (χ1) is 24.6. The summed E-state index contributed by atoms with van der Waals surface area (Å²) in [6.45, 7) is 4.47. The van der Waals surface area contributed by atoms with Crippen molar-refractivity contribution in [2.45, 2.75) is 19.9 Å². The Balaban J connectivity index is 1.23. The molecule has 238 valence electrons. The van der Waals surface area contributed by atoms with Gasteiger partial charge in [0.15, 0.2) is 5.58 Å². The molecule has 4 aromatic heterocycles. The van der Waals surface area contributed by atoms with Gasteiger partial charge in [-0.05, 0) is 79.1 Å². The zero-order chi connectivity index (χ0) is 33.3. The van der Waals surface area contributed by atoms with E-state index in [1.54, 1.807) is 0 Å². The quantitative estimate of drug-likeness (QED) is 0.203. The third kappa shape index (κ3) is 4.33. The third-order valence-electron chi connectivity index (χ3n) is 9.94. The lowest BCUT2D eigenvalue weighted by Gasteiger charge is -2.14. The van der Waals surface area contributed by atoms with Gasteiger partial charge < -0.3 is 14.0 Å². The minimum Gasteiger partial charge on any atom is -0.454 e. The predicted octanol–water partition coefficient (Wildman–Crippen LogP) is 12.2. The number of imidazole rings is 1. The fraction of sp³-hybridized carbons (Fsp3) is 0.0667. The normalized spacial score (nSPS) is 12.0. The van der Waals surface area contributed by atoms with Crippen LogP contribution in [0.1, 0.15) is 19.9 Å². The summed E-state index contributed by atoms with van der Waals surface area (Å²) >= 11 is 0. The summed E-state index contributed by atoms with van der Waals surface area (Å²) in [5.41, 5.74) is 13.3. The van der Waals surface area contributed by atoms with Gasteiger partial charge in [0.05, 0.1) is 16.6 Å². The molecule has 4 heterocycles. The van der Waals surface area contributed by atoms with Crippen LogP contribution in [0.25, 0.3) is 99.7 Å². The van der Waals surface area contributed by atoms with Gasteiger partial charge in [-0.2, -0.15) is 0 Å². The maximum Gasteiger partial charge on any atom is 0.161 e. The average Bonchev–Trinajstić information content (AvgIpc) is 3.86. The van der Waals surface area contributed by atoms with Crippen molar-refractivity contribution in [1.29, 1.82) is 0 Å². The topological polar surface area (TPSA) is 59.6 Å². The first-order valence-electron chi connectivity index (χ1n) is 17.1. The average molecular weight is 645 g/mol. The van der Waals surface area contributed by atoms with E-state index in [-0.39, 0.29) is 6.04 Å². The number of fused-ring (bicyclic) bond motifs is 7. The summed E-state index contributed by atoms with van der Waals surface area (Å²) in [7, 11) is 0. The SMILES string of the molecule is CC(C)n1c(-c2cccc3c2[nH]c2ccccc23)nc2c(-c3cc(-c4ccccc4)cc(-c4nccc5c4oc4ccccc45)c3)cccc21. The molecular formula is C45H32N4O. The Labute approximate surface area is 288 Å². The Bertz CT molecular complexity index is 2910. The van der Waals surface area contributed by atoms with Crippen LogP contribution in [0.2, 0.25) is 0 Å². The Morgan fingerprint density at radius 1 is 0.600 bits per heavy atom. The largest absolute Gasteiger partial charge is 0.454 e. The van der Waals surface area contributed by atoms with E-state index < -0.39 is 0 Å². The molecular weight excluding hydrogens is 613 g/mol. The van der Waals surface area contributed by atoms with Crippen molar-refractivity contribution in [3.05, 3.63) is 146 Å². The van der Waals surface area contributed by atoms with Crippen molar-refractivity contribution in [1.82, 2.24) is 19.5 Å². The summed E-state index contributed by atoms with van der Waals surface area (Å²) in [5, 5.41) is 4.57. The van der Waals surface area contributed by atoms with Crippen LogP contribution in [0.5, 0.6) is 0 Å². The van der Waals surface area contributed by atoms with Crippen LogP contribution in [-0.2, 0) is 0 Å². The molecule has 10 aromatic rings. The standard InChI is InChI=1S/C45H32N4O/c1-27(2)49-39-20-11-16-32(43(39)48-45(49)37-18-10-17-35-33-14-6-8-19-38(33)47-42(35)37)30-24-29(28-12-4-3-5-13-28)25-31(26-30)41-44-36(22-23-46-41)34-15-7-9-21-40(34)50-44/h3-27,47H,1-2H3. The molecule has 0 saturated carbocycles. The highest BCUT2D eigenvalue weighted by Gasteiger charge is 2.22. The van der Waals surface area contributed by atoms with E-state index in [0.29, 0.717) is 0 Å². The van der Waals surface area contributed by atoms with E-state index >= 15 is 0 Å². The van der Waals surface area contributed by atoms with Crippen LogP contribution in [0.4, 0.5) is 0 Å². The highest BCUT2D eigenvalue weighted by atomic mass is 16.3. The first-order valence-corrected chi connectivity index (χ1v) is 17.1. The van der Waals surface area contributed by atoms with Gasteiger partial charge in [0.25, 0.3) is 0 Å². The van der Waals surface area contributed by atoms with Crippen LogP contribution >= 0.6 is 0 Å². The summed E-state index contributed by atoms with van der Waals surface area (Å²) in [6.07, 6.45) is 1.89. The van der Waals surface area contributed by atoms with Gasteiger partial charge in [0.1, 0.15) is 17.1 Å². The van der Waals surface area contributed by atoms with Gasteiger partial charge in [-0.15, -0.1) is 0 Å². The number of aromatic amines is 1. The fourth-order valence-corrected chi connectivity index (χ4v) is 7.70. The van der Waals surface area contributed by atoms with Crippen molar-refractivity contribution in [2.75, 3.05) is 0 Å². The number of hydrogen-bond acceptors (Lipinski definition) is 3. The van der Waals surface area contributed by atoms with Crippen molar-refractivity contribution in [3.8, 4) is 44.9 Å². The minimum atomic E-state index is 0.186. The highest BCUT2D eigenvalue weighted by molar-refractivity contribution is 6.12. The van der Waals surface area contributed by atoms with E-state index in [9.17, 15) is 0 Å². The van der Waals surface area contributed by atoms with Crippen molar-refractivity contribution < 1.29 is 4.42 Å². The lowest BCUT2D eigenvalue weighted by molar-refractivity contribution is 0.624. The Morgan fingerprint density at radius 2 is 1.32 bits per heavy atom. The fourth-order valence-electron chi connectivity index (χ4n) is 7.70. The zero-order valence-corrected chi connectivity index (χ0v) is 27.7. The maximum atomic E-state index is 6.47. The molecule has 0 aliphatic carbocycles. The number of H-pyrrole nitrogens is 1. The van der Waals surface area contributed by atoms with E-state index in [1.807, 2.05) is 24.4 Å². The second kappa shape index (κ2) is 11.0. The van der Waals surface area contributed by atoms with Crippen LogP contribution in [0, 0.1) is 0 Å². The van der Waals surface area contributed by atoms with Crippen molar-refractivity contribution in [3.63, 3.8) is 0 Å². The molecule has 0 amide bonds. The van der Waals surface area contributed by atoms with Crippen LogP contribution in [0.15, 0.2) is 150 Å². The van der Waals surface area contributed by atoms with Gasteiger partial charge in [0.2, 0.25) is 0 Å². The monoisotopic (exact) mass is 644 g/mol. The number of nitrogens with zero attached hydrogens (tertiary/aromatic N) is 3. The van der Waals surface area contributed by atoms with Gasteiger partial charge in [-0.3, -0.25) is 4.98 Å². The molecule has 0 unspecified atom stereocenters. The molecule has 5 nitrogen and oxygen atoms in total. The summed E-state index contributed by atoms with van der Waals surface area (Å²) in [5.74, 6) is 0.952. The molecule has 0 atom stereocenters. The molecule has 0 radical (unpaired) electrons. The number of nitrogens with one attached hydrogen (secondary N) is 1. The van der Waals surface area contributed by atoms with E-state index in [0.717, 1.165) is 88.9 Å². The Morgan fingerprint density at radius 3 is 2.20 bits per heavy atom.